The van der Waals surface area contributed by atoms with Crippen molar-refractivity contribution >= 4 is 39.1 Å². The quantitative estimate of drug-likeness (QED) is 0.910. The van der Waals surface area contributed by atoms with Crippen LogP contribution in [-0.4, -0.2) is 25.5 Å². The van der Waals surface area contributed by atoms with E-state index in [-0.39, 0.29) is 11.9 Å². The van der Waals surface area contributed by atoms with Crippen molar-refractivity contribution in [2.75, 3.05) is 18.5 Å². The first kappa shape index (κ1) is 11.9. The van der Waals surface area contributed by atoms with E-state index in [9.17, 15) is 4.79 Å². The third-order valence-electron chi connectivity index (χ3n) is 2.75. The lowest BCUT2D eigenvalue weighted by Crippen LogP contribution is -2.36. The molecule has 0 spiro atoms. The maximum atomic E-state index is 12.0. The number of nitrogens with zero attached hydrogens (tertiary/aromatic N) is 1. The number of halogens is 2. The summed E-state index contributed by atoms with van der Waals surface area (Å²) in [6.45, 7) is 0.741. The van der Waals surface area contributed by atoms with Crippen molar-refractivity contribution in [3.63, 3.8) is 0 Å². The Morgan fingerprint density at radius 2 is 2.31 bits per heavy atom. The highest BCUT2D eigenvalue weighted by atomic mass is 79.9. The summed E-state index contributed by atoms with van der Waals surface area (Å²) in [5, 5.41) is 3.67. The van der Waals surface area contributed by atoms with Gasteiger partial charge in [-0.2, -0.15) is 0 Å². The molecule has 1 aromatic carbocycles. The van der Waals surface area contributed by atoms with E-state index in [1.54, 1.807) is 17.0 Å². The Morgan fingerprint density at radius 3 is 2.88 bits per heavy atom. The van der Waals surface area contributed by atoms with Crippen molar-refractivity contribution in [1.82, 2.24) is 5.32 Å². The maximum absolute atomic E-state index is 12.0. The van der Waals surface area contributed by atoms with Gasteiger partial charge in [-0.05, 0) is 47.6 Å². The molecule has 0 aromatic heterocycles. The molecule has 1 atom stereocenters. The third-order valence-corrected chi connectivity index (χ3v) is 3.62. The van der Waals surface area contributed by atoms with Crippen LogP contribution in [0, 0.1) is 0 Å². The van der Waals surface area contributed by atoms with Crippen molar-refractivity contribution in [3.05, 3.63) is 27.7 Å². The Labute approximate surface area is 108 Å². The second kappa shape index (κ2) is 4.73. The molecule has 16 heavy (non-hydrogen) atoms. The first-order valence-corrected chi connectivity index (χ1v) is 6.24. The van der Waals surface area contributed by atoms with Crippen LogP contribution in [0.15, 0.2) is 22.7 Å². The third kappa shape index (κ3) is 2.10. The summed E-state index contributed by atoms with van der Waals surface area (Å²) in [5.74, 6) is 0.116. The van der Waals surface area contributed by atoms with Gasteiger partial charge in [0, 0.05) is 16.0 Å². The van der Waals surface area contributed by atoms with E-state index in [0.717, 1.165) is 23.1 Å². The Morgan fingerprint density at radius 1 is 1.56 bits per heavy atom. The van der Waals surface area contributed by atoms with Crippen molar-refractivity contribution in [2.45, 2.75) is 12.5 Å². The van der Waals surface area contributed by atoms with Gasteiger partial charge in [-0.1, -0.05) is 11.6 Å². The Bertz CT molecular complexity index is 424. The fraction of sp³-hybridized carbons (Fsp3) is 0.364. The fourth-order valence-corrected chi connectivity index (χ4v) is 2.78. The highest BCUT2D eigenvalue weighted by Gasteiger charge is 2.32. The van der Waals surface area contributed by atoms with Gasteiger partial charge in [-0.15, -0.1) is 0 Å². The summed E-state index contributed by atoms with van der Waals surface area (Å²) >= 11 is 9.30. The molecule has 0 radical (unpaired) electrons. The number of anilines is 1. The average Bonchev–Trinajstić information content (AvgIpc) is 2.60. The van der Waals surface area contributed by atoms with Crippen molar-refractivity contribution < 1.29 is 4.79 Å². The van der Waals surface area contributed by atoms with Crippen LogP contribution in [0.3, 0.4) is 0 Å². The molecule has 0 bridgehead atoms. The van der Waals surface area contributed by atoms with E-state index >= 15 is 0 Å². The minimum atomic E-state index is -0.0671. The van der Waals surface area contributed by atoms with Crippen molar-refractivity contribution in [2.24, 2.45) is 0 Å². The summed E-state index contributed by atoms with van der Waals surface area (Å²) in [7, 11) is 1.81. The van der Waals surface area contributed by atoms with Crippen LogP contribution in [0.4, 0.5) is 5.69 Å². The van der Waals surface area contributed by atoms with Crippen LogP contribution >= 0.6 is 27.5 Å². The number of hydrogen-bond donors (Lipinski definition) is 1. The summed E-state index contributed by atoms with van der Waals surface area (Å²) in [6, 6.07) is 5.39. The molecule has 2 rings (SSSR count). The lowest BCUT2D eigenvalue weighted by Gasteiger charge is -2.18. The van der Waals surface area contributed by atoms with E-state index in [1.807, 2.05) is 13.1 Å². The van der Waals surface area contributed by atoms with Crippen LogP contribution in [0.5, 0.6) is 0 Å². The molecular formula is C11H12BrClN2O. The second-order valence-electron chi connectivity index (χ2n) is 3.72. The molecule has 1 N–H and O–H groups in total. The molecule has 0 saturated carbocycles. The standard InChI is InChI=1S/C11H12BrClN2O/c1-14-9-4-5-15(11(9)16)10-3-2-7(13)6-8(10)12/h2-3,6,9,14H,4-5H2,1H3. The number of benzene rings is 1. The van der Waals surface area contributed by atoms with Crippen molar-refractivity contribution in [1.29, 1.82) is 0 Å². The summed E-state index contributed by atoms with van der Waals surface area (Å²) in [5.41, 5.74) is 0.882. The number of carbonyl (C=O) groups is 1. The zero-order valence-corrected chi connectivity index (χ0v) is 11.2. The van der Waals surface area contributed by atoms with Crippen LogP contribution in [0.25, 0.3) is 0 Å². The molecule has 3 nitrogen and oxygen atoms in total. The lowest BCUT2D eigenvalue weighted by molar-refractivity contribution is -0.118. The highest BCUT2D eigenvalue weighted by Crippen LogP contribution is 2.31. The van der Waals surface area contributed by atoms with E-state index in [0.29, 0.717) is 5.02 Å². The van der Waals surface area contributed by atoms with Gasteiger partial charge < -0.3 is 10.2 Å². The molecule has 1 fully saturated rings. The number of rotatable bonds is 2. The largest absolute Gasteiger partial charge is 0.310 e. The first-order valence-electron chi connectivity index (χ1n) is 5.07. The molecule has 1 aliphatic rings. The molecular weight excluding hydrogens is 291 g/mol. The fourth-order valence-electron chi connectivity index (χ4n) is 1.89. The number of likely N-dealkylation sites (N-methyl/N-ethyl adjacent to an activating group) is 1. The van der Waals surface area contributed by atoms with Gasteiger partial charge in [0.15, 0.2) is 0 Å². The van der Waals surface area contributed by atoms with E-state index < -0.39 is 0 Å². The Hall–Kier alpha value is -0.580. The van der Waals surface area contributed by atoms with Crippen LogP contribution in [0.1, 0.15) is 6.42 Å². The topological polar surface area (TPSA) is 32.3 Å². The monoisotopic (exact) mass is 302 g/mol. The van der Waals surface area contributed by atoms with Gasteiger partial charge in [-0.25, -0.2) is 0 Å². The number of hydrogen-bond acceptors (Lipinski definition) is 2. The Balaban J connectivity index is 2.29. The molecule has 0 aliphatic carbocycles. The molecule has 1 unspecified atom stereocenters. The number of nitrogens with one attached hydrogen (secondary N) is 1. The molecule has 86 valence electrons. The maximum Gasteiger partial charge on any atom is 0.244 e. The van der Waals surface area contributed by atoms with Crippen LogP contribution in [0.2, 0.25) is 5.02 Å². The smallest absolute Gasteiger partial charge is 0.244 e. The Kier molecular flexibility index (Phi) is 3.52. The number of carbonyl (C=O) groups excluding carboxylic acids is 1. The molecule has 1 aromatic rings. The zero-order chi connectivity index (χ0) is 11.7. The van der Waals surface area contributed by atoms with Gasteiger partial charge in [0.25, 0.3) is 0 Å². The second-order valence-corrected chi connectivity index (χ2v) is 5.01. The predicted octanol–water partition coefficient (Wildman–Crippen LogP) is 2.43. The van der Waals surface area contributed by atoms with Crippen LogP contribution < -0.4 is 10.2 Å². The number of amides is 1. The van der Waals surface area contributed by atoms with Gasteiger partial charge in [0.2, 0.25) is 5.91 Å². The predicted molar refractivity (Wildman–Crippen MR) is 69.0 cm³/mol. The molecule has 5 heteroatoms. The summed E-state index contributed by atoms with van der Waals surface area (Å²) < 4.78 is 0.852. The van der Waals surface area contributed by atoms with Gasteiger partial charge in [-0.3, -0.25) is 4.79 Å². The first-order chi connectivity index (χ1) is 7.63. The van der Waals surface area contributed by atoms with Gasteiger partial charge in [0.1, 0.15) is 0 Å². The normalized spacial score (nSPS) is 20.6. The van der Waals surface area contributed by atoms with Gasteiger partial charge >= 0.3 is 0 Å². The summed E-state index contributed by atoms with van der Waals surface area (Å²) in [4.78, 5) is 13.8. The van der Waals surface area contributed by atoms with E-state index in [2.05, 4.69) is 21.2 Å². The van der Waals surface area contributed by atoms with Gasteiger partial charge in [0.05, 0.1) is 11.7 Å². The van der Waals surface area contributed by atoms with E-state index in [4.69, 9.17) is 11.6 Å². The minimum Gasteiger partial charge on any atom is -0.310 e. The van der Waals surface area contributed by atoms with E-state index in [1.165, 1.54) is 0 Å². The summed E-state index contributed by atoms with van der Waals surface area (Å²) in [6.07, 6.45) is 0.838. The zero-order valence-electron chi connectivity index (χ0n) is 8.84. The van der Waals surface area contributed by atoms with Crippen molar-refractivity contribution in [3.8, 4) is 0 Å². The molecule has 1 aliphatic heterocycles. The SMILES string of the molecule is CNC1CCN(c2ccc(Cl)cc2Br)C1=O. The molecule has 1 amide bonds. The van der Waals surface area contributed by atoms with Crippen LogP contribution in [-0.2, 0) is 4.79 Å². The lowest BCUT2D eigenvalue weighted by atomic mass is 10.2. The highest BCUT2D eigenvalue weighted by molar-refractivity contribution is 9.10. The molecule has 1 saturated heterocycles. The average molecular weight is 304 g/mol. The minimum absolute atomic E-state index is 0.0671. The molecule has 1 heterocycles.